The molecule has 0 aromatic heterocycles. The highest BCUT2D eigenvalue weighted by Crippen LogP contribution is 2.35. The van der Waals surface area contributed by atoms with Crippen LogP contribution in [-0.4, -0.2) is 25.3 Å². The fourth-order valence-electron chi connectivity index (χ4n) is 3.70. The minimum atomic E-state index is 0.489. The van der Waals surface area contributed by atoms with Gasteiger partial charge in [0, 0.05) is 12.6 Å². The summed E-state index contributed by atoms with van der Waals surface area (Å²) in [5.41, 5.74) is 0.489. The molecular formula is C17H33NO. The molecular weight excluding hydrogens is 234 g/mol. The number of nitrogens with one attached hydrogen (secondary N) is 1. The molecule has 19 heavy (non-hydrogen) atoms. The third-order valence-corrected chi connectivity index (χ3v) is 5.12. The molecule has 2 aliphatic rings. The largest absolute Gasteiger partial charge is 0.378 e. The minimum absolute atomic E-state index is 0.489. The second-order valence-corrected chi connectivity index (χ2v) is 7.23. The van der Waals surface area contributed by atoms with Gasteiger partial charge in [0.25, 0.3) is 0 Å². The van der Waals surface area contributed by atoms with Gasteiger partial charge in [-0.1, -0.05) is 46.0 Å². The predicted molar refractivity (Wildman–Crippen MR) is 81.5 cm³/mol. The van der Waals surface area contributed by atoms with Crippen LogP contribution in [0.3, 0.4) is 0 Å². The van der Waals surface area contributed by atoms with E-state index >= 15 is 0 Å². The van der Waals surface area contributed by atoms with Crippen molar-refractivity contribution in [2.45, 2.75) is 90.2 Å². The van der Waals surface area contributed by atoms with Crippen molar-refractivity contribution >= 4 is 0 Å². The second-order valence-electron chi connectivity index (χ2n) is 7.23. The summed E-state index contributed by atoms with van der Waals surface area (Å²) in [6, 6.07) is 0.718. The Labute approximate surface area is 119 Å². The summed E-state index contributed by atoms with van der Waals surface area (Å²) in [5, 5.41) is 3.77. The van der Waals surface area contributed by atoms with Crippen LogP contribution in [0.5, 0.6) is 0 Å². The zero-order chi connectivity index (χ0) is 13.6. The van der Waals surface area contributed by atoms with Crippen molar-refractivity contribution in [3.05, 3.63) is 0 Å². The van der Waals surface area contributed by atoms with Gasteiger partial charge in [-0.2, -0.15) is 0 Å². The van der Waals surface area contributed by atoms with Gasteiger partial charge in [0.15, 0.2) is 0 Å². The van der Waals surface area contributed by atoms with Gasteiger partial charge in [-0.05, 0) is 44.1 Å². The lowest BCUT2D eigenvalue weighted by atomic mass is 9.73. The van der Waals surface area contributed by atoms with E-state index in [1.54, 1.807) is 0 Å². The van der Waals surface area contributed by atoms with E-state index in [-0.39, 0.29) is 0 Å². The highest BCUT2D eigenvalue weighted by molar-refractivity contribution is 4.87. The Hall–Kier alpha value is -0.0800. The Morgan fingerprint density at radius 2 is 1.74 bits per heavy atom. The van der Waals surface area contributed by atoms with Crippen LogP contribution >= 0.6 is 0 Å². The first-order chi connectivity index (χ1) is 9.18. The Bertz CT molecular complexity index is 246. The van der Waals surface area contributed by atoms with E-state index in [4.69, 9.17) is 4.74 Å². The maximum atomic E-state index is 5.98. The fourth-order valence-corrected chi connectivity index (χ4v) is 3.70. The molecule has 1 atom stereocenters. The van der Waals surface area contributed by atoms with Gasteiger partial charge < -0.3 is 10.1 Å². The van der Waals surface area contributed by atoms with Crippen LogP contribution < -0.4 is 5.32 Å². The van der Waals surface area contributed by atoms with Crippen molar-refractivity contribution in [3.8, 4) is 0 Å². The lowest BCUT2D eigenvalue weighted by Gasteiger charge is -2.39. The molecule has 1 unspecified atom stereocenters. The maximum absolute atomic E-state index is 5.98. The van der Waals surface area contributed by atoms with Crippen LogP contribution in [0.25, 0.3) is 0 Å². The first kappa shape index (κ1) is 15.3. The monoisotopic (exact) mass is 267 g/mol. The third kappa shape index (κ3) is 5.07. The molecule has 0 aromatic rings. The van der Waals surface area contributed by atoms with Gasteiger partial charge in [0.1, 0.15) is 0 Å². The van der Waals surface area contributed by atoms with Crippen molar-refractivity contribution < 1.29 is 4.74 Å². The average Bonchev–Trinajstić information content (AvgIpc) is 2.41. The SMILES string of the molecule is CC1(C)CCCCC1NCCCOC1CCCCC1. The van der Waals surface area contributed by atoms with E-state index in [0.717, 1.165) is 19.2 Å². The van der Waals surface area contributed by atoms with Crippen molar-refractivity contribution in [2.24, 2.45) is 5.41 Å². The number of hydrogen-bond acceptors (Lipinski definition) is 2. The van der Waals surface area contributed by atoms with Gasteiger partial charge in [-0.3, -0.25) is 0 Å². The minimum Gasteiger partial charge on any atom is -0.378 e. The van der Waals surface area contributed by atoms with E-state index in [1.807, 2.05) is 0 Å². The molecule has 0 bridgehead atoms. The Balaban J connectivity index is 1.53. The van der Waals surface area contributed by atoms with Crippen molar-refractivity contribution in [2.75, 3.05) is 13.2 Å². The van der Waals surface area contributed by atoms with Gasteiger partial charge in [0.2, 0.25) is 0 Å². The molecule has 0 spiro atoms. The molecule has 2 rings (SSSR count). The van der Waals surface area contributed by atoms with Gasteiger partial charge in [-0.25, -0.2) is 0 Å². The van der Waals surface area contributed by atoms with E-state index in [1.165, 1.54) is 64.2 Å². The third-order valence-electron chi connectivity index (χ3n) is 5.12. The summed E-state index contributed by atoms with van der Waals surface area (Å²) in [5.74, 6) is 0. The normalized spacial score (nSPS) is 28.4. The molecule has 112 valence electrons. The molecule has 0 amide bonds. The molecule has 2 aliphatic carbocycles. The standard InChI is InChI=1S/C17H33NO/c1-17(2)12-7-6-11-16(17)18-13-8-14-19-15-9-4-3-5-10-15/h15-16,18H,3-14H2,1-2H3. The molecule has 2 fully saturated rings. The maximum Gasteiger partial charge on any atom is 0.0575 e. The lowest BCUT2D eigenvalue weighted by Crippen LogP contribution is -2.44. The topological polar surface area (TPSA) is 21.3 Å². The van der Waals surface area contributed by atoms with E-state index in [9.17, 15) is 0 Å². The van der Waals surface area contributed by atoms with Crippen molar-refractivity contribution in [1.82, 2.24) is 5.32 Å². The van der Waals surface area contributed by atoms with Gasteiger partial charge in [-0.15, -0.1) is 0 Å². The zero-order valence-electron chi connectivity index (χ0n) is 13.0. The van der Waals surface area contributed by atoms with Crippen molar-refractivity contribution in [3.63, 3.8) is 0 Å². The van der Waals surface area contributed by atoms with Crippen LogP contribution in [-0.2, 0) is 4.74 Å². The summed E-state index contributed by atoms with van der Waals surface area (Å²) in [6.07, 6.45) is 14.0. The quantitative estimate of drug-likeness (QED) is 0.725. The van der Waals surface area contributed by atoms with E-state index < -0.39 is 0 Å². The molecule has 2 heteroatoms. The molecule has 2 saturated carbocycles. The molecule has 0 saturated heterocycles. The van der Waals surface area contributed by atoms with E-state index in [0.29, 0.717) is 11.5 Å². The van der Waals surface area contributed by atoms with Gasteiger partial charge >= 0.3 is 0 Å². The van der Waals surface area contributed by atoms with Crippen LogP contribution in [0.2, 0.25) is 0 Å². The Morgan fingerprint density at radius 3 is 2.47 bits per heavy atom. The summed E-state index contributed by atoms with van der Waals surface area (Å²) in [4.78, 5) is 0. The number of rotatable bonds is 6. The average molecular weight is 267 g/mol. The molecule has 0 radical (unpaired) electrons. The molecule has 0 aromatic carbocycles. The molecule has 0 heterocycles. The second kappa shape index (κ2) is 7.64. The smallest absolute Gasteiger partial charge is 0.0575 e. The highest BCUT2D eigenvalue weighted by atomic mass is 16.5. The zero-order valence-corrected chi connectivity index (χ0v) is 13.0. The van der Waals surface area contributed by atoms with Crippen LogP contribution in [0, 0.1) is 5.41 Å². The summed E-state index contributed by atoms with van der Waals surface area (Å²) in [6.45, 7) is 6.91. The fraction of sp³-hybridized carbons (Fsp3) is 1.00. The van der Waals surface area contributed by atoms with Crippen LogP contribution in [0.15, 0.2) is 0 Å². The van der Waals surface area contributed by atoms with Gasteiger partial charge in [0.05, 0.1) is 6.10 Å². The van der Waals surface area contributed by atoms with E-state index in [2.05, 4.69) is 19.2 Å². The first-order valence-electron chi connectivity index (χ1n) is 8.53. The lowest BCUT2D eigenvalue weighted by molar-refractivity contribution is 0.0262. The molecule has 0 aliphatic heterocycles. The summed E-state index contributed by atoms with van der Waals surface area (Å²) < 4.78 is 5.98. The Morgan fingerprint density at radius 1 is 1.00 bits per heavy atom. The summed E-state index contributed by atoms with van der Waals surface area (Å²) in [7, 11) is 0. The highest BCUT2D eigenvalue weighted by Gasteiger charge is 2.31. The molecule has 2 nitrogen and oxygen atoms in total. The summed E-state index contributed by atoms with van der Waals surface area (Å²) >= 11 is 0. The van der Waals surface area contributed by atoms with Crippen LogP contribution in [0.1, 0.15) is 78.1 Å². The predicted octanol–water partition coefficient (Wildman–Crippen LogP) is 4.28. The van der Waals surface area contributed by atoms with Crippen LogP contribution in [0.4, 0.5) is 0 Å². The number of hydrogen-bond donors (Lipinski definition) is 1. The Kier molecular flexibility index (Phi) is 6.15. The number of ether oxygens (including phenoxy) is 1. The first-order valence-corrected chi connectivity index (χ1v) is 8.53. The van der Waals surface area contributed by atoms with Crippen molar-refractivity contribution in [1.29, 1.82) is 0 Å². The molecule has 1 N–H and O–H groups in total.